The Morgan fingerprint density at radius 2 is 1.89 bits per heavy atom. The molecule has 1 aromatic heterocycles. The molecule has 2 heterocycles. The van der Waals surface area contributed by atoms with Crippen LogP contribution >= 0.6 is 11.8 Å². The van der Waals surface area contributed by atoms with Gasteiger partial charge in [-0.1, -0.05) is 29.8 Å². The Labute approximate surface area is 167 Å². The first-order chi connectivity index (χ1) is 13.6. The van der Waals surface area contributed by atoms with Crippen LogP contribution in [0.25, 0.3) is 0 Å². The number of fused-ring (bicyclic) bond motifs is 1. The Balaban J connectivity index is 1.62. The van der Waals surface area contributed by atoms with E-state index < -0.39 is 0 Å². The number of hydrogen-bond acceptors (Lipinski definition) is 4. The molecule has 0 saturated heterocycles. The quantitative estimate of drug-likeness (QED) is 0.651. The predicted molar refractivity (Wildman–Crippen MR) is 111 cm³/mol. The van der Waals surface area contributed by atoms with E-state index in [4.69, 9.17) is 4.42 Å². The second kappa shape index (κ2) is 7.94. The number of amides is 2. The minimum atomic E-state index is -0.157. The molecule has 0 unspecified atom stereocenters. The number of hydrogen-bond donors (Lipinski definition) is 0. The summed E-state index contributed by atoms with van der Waals surface area (Å²) in [6.45, 7) is 2.31. The molecule has 0 spiro atoms. The van der Waals surface area contributed by atoms with Crippen LogP contribution in [0.15, 0.2) is 76.2 Å². The fourth-order valence-electron chi connectivity index (χ4n) is 3.15. The molecular formula is C22H20N2O3S. The Bertz CT molecular complexity index is 983. The highest BCUT2D eigenvalue weighted by Gasteiger charge is 2.28. The molecule has 0 N–H and O–H groups in total. The van der Waals surface area contributed by atoms with Gasteiger partial charge in [0.25, 0.3) is 0 Å². The standard InChI is InChI=1S/C22H20N2O3S/c1-16-8-10-17(11-9-16)23(13-18-5-4-12-27-18)21(25)14-24-19-6-2-3-7-20(19)28-15-22(24)26/h2-12H,13-15H2,1H3. The lowest BCUT2D eigenvalue weighted by Crippen LogP contribution is -2.45. The summed E-state index contributed by atoms with van der Waals surface area (Å²) in [6.07, 6.45) is 1.59. The topological polar surface area (TPSA) is 53.8 Å². The number of carbonyl (C=O) groups is 2. The molecule has 142 valence electrons. The maximum absolute atomic E-state index is 13.3. The van der Waals surface area contributed by atoms with E-state index in [0.29, 0.717) is 18.1 Å². The van der Waals surface area contributed by atoms with Gasteiger partial charge >= 0.3 is 0 Å². The van der Waals surface area contributed by atoms with E-state index >= 15 is 0 Å². The molecule has 1 aliphatic rings. The number of nitrogens with zero attached hydrogens (tertiary/aromatic N) is 2. The average Bonchev–Trinajstić information content (AvgIpc) is 3.22. The highest BCUT2D eigenvalue weighted by atomic mass is 32.2. The van der Waals surface area contributed by atoms with Gasteiger partial charge in [0.2, 0.25) is 11.8 Å². The highest BCUT2D eigenvalue weighted by molar-refractivity contribution is 8.00. The van der Waals surface area contributed by atoms with Crippen LogP contribution in [0.5, 0.6) is 0 Å². The van der Waals surface area contributed by atoms with Gasteiger partial charge in [-0.15, -0.1) is 11.8 Å². The van der Waals surface area contributed by atoms with Gasteiger partial charge in [-0.05, 0) is 43.3 Å². The zero-order valence-electron chi connectivity index (χ0n) is 15.5. The summed E-state index contributed by atoms with van der Waals surface area (Å²) in [7, 11) is 0. The molecule has 2 aromatic carbocycles. The van der Waals surface area contributed by atoms with Crippen molar-refractivity contribution in [2.45, 2.75) is 18.4 Å². The lowest BCUT2D eigenvalue weighted by molar-refractivity contribution is -0.121. The van der Waals surface area contributed by atoms with Crippen LogP contribution in [0.2, 0.25) is 0 Å². The molecule has 3 aromatic rings. The number of furan rings is 1. The molecule has 4 rings (SSSR count). The zero-order valence-corrected chi connectivity index (χ0v) is 16.3. The minimum absolute atomic E-state index is 0.00894. The predicted octanol–water partition coefficient (Wildman–Crippen LogP) is 4.26. The SMILES string of the molecule is Cc1ccc(N(Cc2ccco2)C(=O)CN2C(=O)CSc3ccccc32)cc1. The van der Waals surface area contributed by atoms with Crippen LogP contribution in [0.4, 0.5) is 11.4 Å². The Hall–Kier alpha value is -2.99. The van der Waals surface area contributed by atoms with Crippen molar-refractivity contribution in [2.24, 2.45) is 0 Å². The fourth-order valence-corrected chi connectivity index (χ4v) is 4.09. The monoisotopic (exact) mass is 392 g/mol. The molecule has 0 bridgehead atoms. The van der Waals surface area contributed by atoms with Crippen molar-refractivity contribution in [3.05, 3.63) is 78.3 Å². The van der Waals surface area contributed by atoms with E-state index in [2.05, 4.69) is 0 Å². The van der Waals surface area contributed by atoms with Crippen molar-refractivity contribution in [3.63, 3.8) is 0 Å². The van der Waals surface area contributed by atoms with Gasteiger partial charge in [-0.2, -0.15) is 0 Å². The van der Waals surface area contributed by atoms with E-state index in [9.17, 15) is 9.59 Å². The summed E-state index contributed by atoms with van der Waals surface area (Å²) in [5.41, 5.74) is 2.68. The summed E-state index contributed by atoms with van der Waals surface area (Å²) in [5, 5.41) is 0. The fraction of sp³-hybridized carbons (Fsp3) is 0.182. The third kappa shape index (κ3) is 3.82. The van der Waals surface area contributed by atoms with Crippen molar-refractivity contribution in [3.8, 4) is 0 Å². The third-order valence-electron chi connectivity index (χ3n) is 4.64. The van der Waals surface area contributed by atoms with E-state index in [1.807, 2.05) is 61.5 Å². The number of rotatable bonds is 5. The van der Waals surface area contributed by atoms with Crippen LogP contribution < -0.4 is 9.80 Å². The number of benzene rings is 2. The van der Waals surface area contributed by atoms with E-state index in [0.717, 1.165) is 21.8 Å². The van der Waals surface area contributed by atoms with Crippen molar-refractivity contribution >= 4 is 35.0 Å². The summed E-state index contributed by atoms with van der Waals surface area (Å²) < 4.78 is 5.45. The van der Waals surface area contributed by atoms with Gasteiger partial charge in [0.15, 0.2) is 0 Å². The summed E-state index contributed by atoms with van der Waals surface area (Å²) in [5.74, 6) is 0.816. The molecule has 1 aliphatic heterocycles. The van der Waals surface area contributed by atoms with Gasteiger partial charge in [0, 0.05) is 10.6 Å². The first kappa shape index (κ1) is 18.4. The molecule has 6 heteroatoms. The average molecular weight is 392 g/mol. The van der Waals surface area contributed by atoms with Crippen LogP contribution in [0, 0.1) is 6.92 Å². The van der Waals surface area contributed by atoms with E-state index in [1.54, 1.807) is 22.1 Å². The number of aryl methyl sites for hydroxylation is 1. The molecule has 0 fully saturated rings. The Kier molecular flexibility index (Phi) is 5.21. The van der Waals surface area contributed by atoms with Gasteiger partial charge in [0.1, 0.15) is 12.3 Å². The highest BCUT2D eigenvalue weighted by Crippen LogP contribution is 2.35. The largest absolute Gasteiger partial charge is 0.467 e. The van der Waals surface area contributed by atoms with Gasteiger partial charge < -0.3 is 14.2 Å². The molecule has 0 aliphatic carbocycles. The maximum atomic E-state index is 13.3. The van der Waals surface area contributed by atoms with Crippen LogP contribution in [-0.2, 0) is 16.1 Å². The molecular weight excluding hydrogens is 372 g/mol. The number of anilines is 2. The van der Waals surface area contributed by atoms with Gasteiger partial charge in [0.05, 0.1) is 24.2 Å². The lowest BCUT2D eigenvalue weighted by Gasteiger charge is -2.31. The van der Waals surface area contributed by atoms with Crippen molar-refractivity contribution in [2.75, 3.05) is 22.1 Å². The van der Waals surface area contributed by atoms with Crippen molar-refractivity contribution in [1.29, 1.82) is 0 Å². The number of carbonyl (C=O) groups excluding carboxylic acids is 2. The molecule has 0 radical (unpaired) electrons. The van der Waals surface area contributed by atoms with Crippen molar-refractivity contribution in [1.82, 2.24) is 0 Å². The molecule has 0 atom stereocenters. The second-order valence-electron chi connectivity index (χ2n) is 6.63. The summed E-state index contributed by atoms with van der Waals surface area (Å²) >= 11 is 1.51. The second-order valence-corrected chi connectivity index (χ2v) is 7.65. The minimum Gasteiger partial charge on any atom is -0.467 e. The first-order valence-electron chi connectivity index (χ1n) is 9.03. The van der Waals surface area contributed by atoms with Crippen LogP contribution in [0.1, 0.15) is 11.3 Å². The number of thioether (sulfide) groups is 1. The summed E-state index contributed by atoms with van der Waals surface area (Å²) in [6, 6.07) is 19.1. The maximum Gasteiger partial charge on any atom is 0.247 e. The Morgan fingerprint density at radius 3 is 2.64 bits per heavy atom. The van der Waals surface area contributed by atoms with Crippen LogP contribution in [-0.4, -0.2) is 24.1 Å². The summed E-state index contributed by atoms with van der Waals surface area (Å²) in [4.78, 5) is 30.1. The van der Waals surface area contributed by atoms with Crippen molar-refractivity contribution < 1.29 is 14.0 Å². The van der Waals surface area contributed by atoms with Gasteiger partial charge in [-0.3, -0.25) is 9.59 Å². The molecule has 0 saturated carbocycles. The first-order valence-corrected chi connectivity index (χ1v) is 10.0. The smallest absolute Gasteiger partial charge is 0.247 e. The zero-order chi connectivity index (χ0) is 19.5. The lowest BCUT2D eigenvalue weighted by atomic mass is 10.2. The normalized spacial score (nSPS) is 13.3. The molecule has 5 nitrogen and oxygen atoms in total. The third-order valence-corrected chi connectivity index (χ3v) is 5.69. The Morgan fingerprint density at radius 1 is 1.11 bits per heavy atom. The van der Waals surface area contributed by atoms with Crippen LogP contribution in [0.3, 0.4) is 0 Å². The molecule has 2 amide bonds. The van der Waals surface area contributed by atoms with E-state index in [-0.39, 0.29) is 18.4 Å². The van der Waals surface area contributed by atoms with E-state index in [1.165, 1.54) is 11.8 Å². The number of para-hydroxylation sites is 1. The van der Waals surface area contributed by atoms with Gasteiger partial charge in [-0.25, -0.2) is 0 Å². The molecule has 28 heavy (non-hydrogen) atoms.